The Morgan fingerprint density at radius 1 is 1.40 bits per heavy atom. The van der Waals surface area contributed by atoms with E-state index in [1.54, 1.807) is 13.2 Å². The topological polar surface area (TPSA) is 55.8 Å². The summed E-state index contributed by atoms with van der Waals surface area (Å²) >= 11 is 0. The molecule has 0 aliphatic heterocycles. The van der Waals surface area contributed by atoms with E-state index in [4.69, 9.17) is 9.47 Å². The number of hydrogen-bond acceptors (Lipinski definition) is 4. The lowest BCUT2D eigenvalue weighted by atomic mass is 9.58. The molecule has 0 radical (unpaired) electrons. The average Bonchev–Trinajstić information content (AvgIpc) is 2.60. The maximum atomic E-state index is 12.5. The first-order valence-corrected chi connectivity index (χ1v) is 8.94. The number of aryl methyl sites for hydroxylation is 1. The van der Waals surface area contributed by atoms with Crippen molar-refractivity contribution in [3.05, 3.63) is 42.5 Å². The highest BCUT2D eigenvalue weighted by molar-refractivity contribution is 5.77. The molecule has 4 nitrogen and oxygen atoms in total. The summed E-state index contributed by atoms with van der Waals surface area (Å²) in [5, 5.41) is 11.3. The predicted molar refractivity (Wildman–Crippen MR) is 98.5 cm³/mol. The van der Waals surface area contributed by atoms with Crippen LogP contribution in [0.5, 0.6) is 5.75 Å². The van der Waals surface area contributed by atoms with Crippen molar-refractivity contribution in [3.8, 4) is 5.75 Å². The molecule has 0 saturated heterocycles. The third-order valence-electron chi connectivity index (χ3n) is 5.73. The molecule has 0 unspecified atom stereocenters. The zero-order valence-corrected chi connectivity index (χ0v) is 15.6. The Labute approximate surface area is 150 Å². The first-order chi connectivity index (χ1) is 11.9. The van der Waals surface area contributed by atoms with E-state index in [0.29, 0.717) is 19.3 Å². The molecule has 1 fully saturated rings. The van der Waals surface area contributed by atoms with Crippen molar-refractivity contribution in [2.45, 2.75) is 51.0 Å². The highest BCUT2D eigenvalue weighted by atomic mass is 16.5. The van der Waals surface area contributed by atoms with Gasteiger partial charge in [-0.3, -0.25) is 4.79 Å². The zero-order chi connectivity index (χ0) is 18.5. The minimum Gasteiger partial charge on any atom is -0.497 e. The van der Waals surface area contributed by atoms with Gasteiger partial charge in [0.05, 0.1) is 25.2 Å². The lowest BCUT2D eigenvalue weighted by Crippen LogP contribution is -2.53. The van der Waals surface area contributed by atoms with Gasteiger partial charge in [0, 0.05) is 5.92 Å². The Bertz CT molecular complexity index is 612. The molecule has 1 aliphatic rings. The second kappa shape index (κ2) is 8.05. The molecule has 0 spiro atoms. The van der Waals surface area contributed by atoms with Crippen LogP contribution in [0.1, 0.15) is 44.6 Å². The molecule has 1 aliphatic carbocycles. The van der Waals surface area contributed by atoms with Crippen LogP contribution in [-0.4, -0.2) is 30.9 Å². The molecule has 3 atom stereocenters. The molecule has 25 heavy (non-hydrogen) atoms. The first-order valence-electron chi connectivity index (χ1n) is 8.94. The van der Waals surface area contributed by atoms with Crippen LogP contribution < -0.4 is 4.74 Å². The molecule has 0 heterocycles. The summed E-state index contributed by atoms with van der Waals surface area (Å²) in [4.78, 5) is 12.5. The number of rotatable bonds is 7. The third kappa shape index (κ3) is 4.06. The maximum absolute atomic E-state index is 12.5. The van der Waals surface area contributed by atoms with Gasteiger partial charge >= 0.3 is 5.97 Å². The van der Waals surface area contributed by atoms with Gasteiger partial charge in [-0.1, -0.05) is 18.2 Å². The summed E-state index contributed by atoms with van der Waals surface area (Å²) in [5.41, 5.74) is -0.455. The molecule has 1 aromatic carbocycles. The van der Waals surface area contributed by atoms with Gasteiger partial charge in [0.2, 0.25) is 0 Å². The lowest BCUT2D eigenvalue weighted by molar-refractivity contribution is -0.173. The van der Waals surface area contributed by atoms with E-state index in [2.05, 4.69) is 6.58 Å². The molecule has 1 saturated carbocycles. The highest BCUT2D eigenvalue weighted by Gasteiger charge is 2.54. The van der Waals surface area contributed by atoms with E-state index >= 15 is 0 Å². The van der Waals surface area contributed by atoms with Crippen molar-refractivity contribution in [2.24, 2.45) is 11.3 Å². The van der Waals surface area contributed by atoms with Crippen LogP contribution in [0.25, 0.3) is 0 Å². The fraction of sp³-hybridized carbons (Fsp3) is 0.571. The molecule has 2 rings (SSSR count). The standard InChI is InChI=1S/C21H30O4/c1-5-12-21(23)14-7-13-20(2,19(22)25-4)18(21)11-10-16-8-6-9-17(15-16)24-3/h5-6,8-9,15,18,23H,1,7,10-14H2,2-4H3/t18-,20+,21+/m0/s1. The minimum atomic E-state index is -0.915. The zero-order valence-electron chi connectivity index (χ0n) is 15.6. The Balaban J connectivity index is 2.27. The van der Waals surface area contributed by atoms with Crippen LogP contribution in [0.2, 0.25) is 0 Å². The van der Waals surface area contributed by atoms with Crippen LogP contribution >= 0.6 is 0 Å². The summed E-state index contributed by atoms with van der Waals surface area (Å²) in [6, 6.07) is 7.93. The Hall–Kier alpha value is -1.81. The molecule has 1 aromatic rings. The highest BCUT2D eigenvalue weighted by Crippen LogP contribution is 2.50. The normalized spacial score (nSPS) is 29.0. The number of benzene rings is 1. The van der Waals surface area contributed by atoms with E-state index in [1.165, 1.54) is 7.11 Å². The van der Waals surface area contributed by atoms with Crippen LogP contribution in [0.15, 0.2) is 36.9 Å². The van der Waals surface area contributed by atoms with E-state index in [-0.39, 0.29) is 11.9 Å². The van der Waals surface area contributed by atoms with Crippen molar-refractivity contribution in [2.75, 3.05) is 14.2 Å². The minimum absolute atomic E-state index is 0.176. The third-order valence-corrected chi connectivity index (χ3v) is 5.73. The largest absolute Gasteiger partial charge is 0.497 e. The smallest absolute Gasteiger partial charge is 0.311 e. The molecular weight excluding hydrogens is 316 g/mol. The van der Waals surface area contributed by atoms with Gasteiger partial charge < -0.3 is 14.6 Å². The molecular formula is C21H30O4. The van der Waals surface area contributed by atoms with Gasteiger partial charge in [0.15, 0.2) is 0 Å². The quantitative estimate of drug-likeness (QED) is 0.601. The number of hydrogen-bond donors (Lipinski definition) is 1. The van der Waals surface area contributed by atoms with Crippen molar-refractivity contribution in [1.82, 2.24) is 0 Å². The number of carbonyl (C=O) groups is 1. The van der Waals surface area contributed by atoms with E-state index in [9.17, 15) is 9.90 Å². The number of ether oxygens (including phenoxy) is 2. The van der Waals surface area contributed by atoms with Crippen LogP contribution in [0.4, 0.5) is 0 Å². The number of aliphatic hydroxyl groups is 1. The molecule has 1 N–H and O–H groups in total. The SMILES string of the molecule is C=CC[C@@]1(O)CCC[C@@](C)(C(=O)OC)[C@@H]1CCc1cccc(OC)c1. The summed E-state index contributed by atoms with van der Waals surface area (Å²) in [6.07, 6.45) is 5.96. The molecule has 0 bridgehead atoms. The van der Waals surface area contributed by atoms with Gasteiger partial charge in [-0.2, -0.15) is 0 Å². The van der Waals surface area contributed by atoms with Gasteiger partial charge in [0.25, 0.3) is 0 Å². The average molecular weight is 346 g/mol. The molecule has 0 amide bonds. The maximum Gasteiger partial charge on any atom is 0.311 e. The van der Waals surface area contributed by atoms with Gasteiger partial charge in [-0.25, -0.2) is 0 Å². The Morgan fingerprint density at radius 2 is 2.16 bits per heavy atom. The fourth-order valence-corrected chi connectivity index (χ4v) is 4.40. The fourth-order valence-electron chi connectivity index (χ4n) is 4.40. The second-order valence-corrected chi connectivity index (χ2v) is 7.30. The first kappa shape index (κ1) is 19.5. The van der Waals surface area contributed by atoms with Crippen LogP contribution in [-0.2, 0) is 16.0 Å². The number of esters is 1. The molecule has 4 heteroatoms. The summed E-state index contributed by atoms with van der Waals surface area (Å²) in [6.45, 7) is 5.73. The van der Waals surface area contributed by atoms with Gasteiger partial charge in [-0.05, 0) is 63.1 Å². The van der Waals surface area contributed by atoms with Crippen LogP contribution in [0, 0.1) is 11.3 Å². The van der Waals surface area contributed by atoms with Crippen molar-refractivity contribution in [3.63, 3.8) is 0 Å². The monoisotopic (exact) mass is 346 g/mol. The number of methoxy groups -OCH3 is 2. The Kier molecular flexibility index (Phi) is 6.28. The summed E-state index contributed by atoms with van der Waals surface area (Å²) < 4.78 is 10.4. The summed E-state index contributed by atoms with van der Waals surface area (Å²) in [5.74, 6) is 0.411. The molecule has 138 valence electrons. The van der Waals surface area contributed by atoms with Gasteiger partial charge in [0.1, 0.15) is 5.75 Å². The van der Waals surface area contributed by atoms with E-state index in [1.807, 2.05) is 31.2 Å². The van der Waals surface area contributed by atoms with E-state index < -0.39 is 11.0 Å². The van der Waals surface area contributed by atoms with E-state index in [0.717, 1.165) is 30.6 Å². The van der Waals surface area contributed by atoms with Crippen molar-refractivity contribution >= 4 is 5.97 Å². The lowest BCUT2D eigenvalue weighted by Gasteiger charge is -2.49. The molecule has 0 aromatic heterocycles. The predicted octanol–water partition coefficient (Wildman–Crippen LogP) is 3.91. The van der Waals surface area contributed by atoms with Crippen LogP contribution in [0.3, 0.4) is 0 Å². The Morgan fingerprint density at radius 3 is 2.80 bits per heavy atom. The van der Waals surface area contributed by atoms with Crippen molar-refractivity contribution in [1.29, 1.82) is 0 Å². The van der Waals surface area contributed by atoms with Gasteiger partial charge in [-0.15, -0.1) is 6.58 Å². The number of carbonyl (C=O) groups excluding carboxylic acids is 1. The second-order valence-electron chi connectivity index (χ2n) is 7.30. The van der Waals surface area contributed by atoms with Crippen molar-refractivity contribution < 1.29 is 19.4 Å². The summed E-state index contributed by atoms with van der Waals surface area (Å²) in [7, 11) is 3.07.